The Kier molecular flexibility index (Phi) is 4.33. The lowest BCUT2D eigenvalue weighted by molar-refractivity contribution is -0.147. The second-order valence-corrected chi connectivity index (χ2v) is 7.51. The first-order chi connectivity index (χ1) is 11.7. The monoisotopic (exact) mass is 329 g/mol. The molecule has 5 heteroatoms. The standard InChI is InChI=1S/C19H27N3O2/c23-18(22-12-21-17-15-10-20-11-16(15)17)19(24,14-8-4-5-9-14)13-6-2-1-3-7-13/h1-3,6-7,14-17,20-21,24H,4-5,8-12H2,(H,22,23)/t15?,16?,17?,19-/m0/s1. The number of hydrogen-bond donors (Lipinski definition) is 4. The molecule has 1 heterocycles. The van der Waals surface area contributed by atoms with E-state index < -0.39 is 5.60 Å². The molecule has 1 saturated heterocycles. The van der Waals surface area contributed by atoms with Gasteiger partial charge in [-0.15, -0.1) is 0 Å². The Bertz CT molecular complexity index is 578. The molecule has 2 saturated carbocycles. The number of benzene rings is 1. The minimum absolute atomic E-state index is 0.00408. The molecule has 3 fully saturated rings. The van der Waals surface area contributed by atoms with E-state index in [0.717, 1.165) is 38.8 Å². The smallest absolute Gasteiger partial charge is 0.257 e. The highest BCUT2D eigenvalue weighted by molar-refractivity contribution is 5.86. The van der Waals surface area contributed by atoms with E-state index in [1.807, 2.05) is 30.3 Å². The van der Waals surface area contributed by atoms with Crippen molar-refractivity contribution in [1.29, 1.82) is 0 Å². The molecule has 1 amide bonds. The van der Waals surface area contributed by atoms with Gasteiger partial charge in [0.25, 0.3) is 5.91 Å². The van der Waals surface area contributed by atoms with Crippen molar-refractivity contribution >= 4 is 5.91 Å². The Hall–Kier alpha value is -1.43. The summed E-state index contributed by atoms with van der Waals surface area (Å²) < 4.78 is 0. The van der Waals surface area contributed by atoms with Crippen LogP contribution in [0.1, 0.15) is 31.2 Å². The maximum absolute atomic E-state index is 12.9. The van der Waals surface area contributed by atoms with Crippen LogP contribution in [-0.4, -0.2) is 36.8 Å². The number of fused-ring (bicyclic) bond motifs is 1. The molecule has 2 aliphatic carbocycles. The van der Waals surface area contributed by atoms with Gasteiger partial charge in [-0.2, -0.15) is 0 Å². The molecule has 3 aliphatic rings. The molecule has 1 aliphatic heterocycles. The van der Waals surface area contributed by atoms with Gasteiger partial charge < -0.3 is 15.7 Å². The van der Waals surface area contributed by atoms with Gasteiger partial charge in [0.15, 0.2) is 5.60 Å². The molecule has 0 radical (unpaired) electrons. The molecule has 130 valence electrons. The van der Waals surface area contributed by atoms with Crippen LogP contribution >= 0.6 is 0 Å². The lowest BCUT2D eigenvalue weighted by Gasteiger charge is -2.33. The van der Waals surface area contributed by atoms with Crippen molar-refractivity contribution in [3.05, 3.63) is 35.9 Å². The van der Waals surface area contributed by atoms with Crippen LogP contribution in [0.4, 0.5) is 0 Å². The highest BCUT2D eigenvalue weighted by atomic mass is 16.3. The zero-order valence-electron chi connectivity index (χ0n) is 14.0. The Morgan fingerprint density at radius 1 is 1.17 bits per heavy atom. The molecule has 3 atom stereocenters. The Morgan fingerprint density at radius 2 is 1.83 bits per heavy atom. The number of carbonyl (C=O) groups is 1. The zero-order chi connectivity index (χ0) is 16.6. The molecule has 4 N–H and O–H groups in total. The largest absolute Gasteiger partial charge is 0.375 e. The molecule has 4 rings (SSSR count). The summed E-state index contributed by atoms with van der Waals surface area (Å²) in [6, 6.07) is 9.93. The van der Waals surface area contributed by atoms with E-state index in [1.165, 1.54) is 0 Å². The summed E-state index contributed by atoms with van der Waals surface area (Å²) in [6.45, 7) is 2.58. The fraction of sp³-hybridized carbons (Fsp3) is 0.632. The average molecular weight is 329 g/mol. The van der Waals surface area contributed by atoms with Gasteiger partial charge in [0.2, 0.25) is 0 Å². The van der Waals surface area contributed by atoms with Crippen LogP contribution in [0, 0.1) is 17.8 Å². The quantitative estimate of drug-likeness (QED) is 0.586. The molecule has 2 unspecified atom stereocenters. The minimum Gasteiger partial charge on any atom is -0.375 e. The molecule has 24 heavy (non-hydrogen) atoms. The number of hydrogen-bond acceptors (Lipinski definition) is 4. The van der Waals surface area contributed by atoms with Crippen LogP contribution in [0.5, 0.6) is 0 Å². The van der Waals surface area contributed by atoms with Crippen LogP contribution in [-0.2, 0) is 10.4 Å². The highest BCUT2D eigenvalue weighted by Crippen LogP contribution is 2.42. The first-order valence-electron chi connectivity index (χ1n) is 9.21. The summed E-state index contributed by atoms with van der Waals surface area (Å²) in [6.07, 6.45) is 3.99. The van der Waals surface area contributed by atoms with E-state index in [4.69, 9.17) is 0 Å². The zero-order valence-corrected chi connectivity index (χ0v) is 14.0. The second-order valence-electron chi connectivity index (χ2n) is 7.51. The lowest BCUT2D eigenvalue weighted by atomic mass is 9.79. The maximum atomic E-state index is 12.9. The third-order valence-corrected chi connectivity index (χ3v) is 6.18. The molecule has 1 aromatic rings. The van der Waals surface area contributed by atoms with Crippen LogP contribution in [0.2, 0.25) is 0 Å². The molecule has 0 spiro atoms. The average Bonchev–Trinajstić information content (AvgIpc) is 3.07. The molecule has 0 aromatic heterocycles. The summed E-state index contributed by atoms with van der Waals surface area (Å²) in [5, 5.41) is 21.1. The number of nitrogens with one attached hydrogen (secondary N) is 3. The fourth-order valence-electron chi connectivity index (χ4n) is 4.69. The summed E-state index contributed by atoms with van der Waals surface area (Å²) in [7, 11) is 0. The molecule has 0 bridgehead atoms. The SMILES string of the molecule is O=C(NCNC1C2CNCC21)[C@](O)(c1ccccc1)C1CCCC1. The number of amides is 1. The number of piperidine rings is 1. The first-order valence-corrected chi connectivity index (χ1v) is 9.21. The predicted octanol–water partition coefficient (Wildman–Crippen LogP) is 0.946. The Balaban J connectivity index is 1.41. The maximum Gasteiger partial charge on any atom is 0.257 e. The third kappa shape index (κ3) is 2.75. The van der Waals surface area contributed by atoms with E-state index in [-0.39, 0.29) is 11.8 Å². The lowest BCUT2D eigenvalue weighted by Crippen LogP contribution is -2.51. The van der Waals surface area contributed by atoms with Crippen molar-refractivity contribution < 1.29 is 9.90 Å². The topological polar surface area (TPSA) is 73.4 Å². The van der Waals surface area contributed by atoms with Gasteiger partial charge in [-0.3, -0.25) is 10.1 Å². The minimum atomic E-state index is -1.42. The summed E-state index contributed by atoms with van der Waals surface area (Å²) in [5.41, 5.74) is -0.706. The third-order valence-electron chi connectivity index (χ3n) is 6.18. The van der Waals surface area contributed by atoms with Crippen molar-refractivity contribution in [2.24, 2.45) is 17.8 Å². The van der Waals surface area contributed by atoms with Crippen LogP contribution in [0.3, 0.4) is 0 Å². The van der Waals surface area contributed by atoms with Crippen molar-refractivity contribution in [2.45, 2.75) is 37.3 Å². The normalized spacial score (nSPS) is 31.5. The van der Waals surface area contributed by atoms with E-state index in [0.29, 0.717) is 30.1 Å². The predicted molar refractivity (Wildman–Crippen MR) is 92.1 cm³/mol. The van der Waals surface area contributed by atoms with Gasteiger partial charge in [0, 0.05) is 12.0 Å². The van der Waals surface area contributed by atoms with Crippen LogP contribution < -0.4 is 16.0 Å². The van der Waals surface area contributed by atoms with E-state index in [1.54, 1.807) is 0 Å². The second kappa shape index (κ2) is 6.47. The fourth-order valence-corrected chi connectivity index (χ4v) is 4.69. The van der Waals surface area contributed by atoms with Crippen molar-refractivity contribution in [1.82, 2.24) is 16.0 Å². The van der Waals surface area contributed by atoms with Gasteiger partial charge in [-0.05, 0) is 43.3 Å². The Labute approximate surface area is 143 Å². The van der Waals surface area contributed by atoms with E-state index >= 15 is 0 Å². The van der Waals surface area contributed by atoms with Crippen molar-refractivity contribution in [2.75, 3.05) is 19.8 Å². The van der Waals surface area contributed by atoms with Crippen molar-refractivity contribution in [3.63, 3.8) is 0 Å². The van der Waals surface area contributed by atoms with Crippen LogP contribution in [0.25, 0.3) is 0 Å². The molecular formula is C19H27N3O2. The van der Waals surface area contributed by atoms with Crippen molar-refractivity contribution in [3.8, 4) is 0 Å². The van der Waals surface area contributed by atoms with Crippen LogP contribution in [0.15, 0.2) is 30.3 Å². The summed E-state index contributed by atoms with van der Waals surface area (Å²) in [4.78, 5) is 12.9. The van der Waals surface area contributed by atoms with Gasteiger partial charge >= 0.3 is 0 Å². The number of carbonyl (C=O) groups excluding carboxylic acids is 1. The Morgan fingerprint density at radius 3 is 2.50 bits per heavy atom. The van der Waals surface area contributed by atoms with Gasteiger partial charge in [0.1, 0.15) is 0 Å². The first kappa shape index (κ1) is 16.1. The highest BCUT2D eigenvalue weighted by Gasteiger charge is 2.52. The van der Waals surface area contributed by atoms with E-state index in [2.05, 4.69) is 16.0 Å². The molecule has 1 aromatic carbocycles. The molecular weight excluding hydrogens is 302 g/mol. The molecule has 5 nitrogen and oxygen atoms in total. The number of rotatable bonds is 6. The summed E-state index contributed by atoms with van der Waals surface area (Å²) >= 11 is 0. The van der Waals surface area contributed by atoms with Gasteiger partial charge in [-0.25, -0.2) is 0 Å². The van der Waals surface area contributed by atoms with E-state index in [9.17, 15) is 9.90 Å². The summed E-state index contributed by atoms with van der Waals surface area (Å²) in [5.74, 6) is 1.16. The number of aliphatic hydroxyl groups is 1. The van der Waals surface area contributed by atoms with Gasteiger partial charge in [-0.1, -0.05) is 43.2 Å². The van der Waals surface area contributed by atoms with Gasteiger partial charge in [0.05, 0.1) is 6.67 Å².